The molecule has 0 spiro atoms. The maximum atomic E-state index is 11.8. The summed E-state index contributed by atoms with van der Waals surface area (Å²) in [6.07, 6.45) is 5.19. The number of halogens is 1. The Morgan fingerprint density at radius 3 is 2.71 bits per heavy atom. The second-order valence-electron chi connectivity index (χ2n) is 9.41. The highest BCUT2D eigenvalue weighted by molar-refractivity contribution is 6.31. The van der Waals surface area contributed by atoms with E-state index < -0.39 is 5.97 Å². The van der Waals surface area contributed by atoms with Crippen LogP contribution in [-0.4, -0.2) is 47.8 Å². The summed E-state index contributed by atoms with van der Waals surface area (Å²) in [5.41, 5.74) is 3.65. The fraction of sp³-hybridized carbons (Fsp3) is 0.583. The average Bonchev–Trinajstić information content (AvgIpc) is 2.67. The average molecular weight is 451 g/mol. The topological polar surface area (TPSA) is 78.9 Å². The summed E-state index contributed by atoms with van der Waals surface area (Å²) < 4.78 is 5.96. The lowest BCUT2D eigenvalue weighted by molar-refractivity contribution is -0.137. The molecule has 31 heavy (non-hydrogen) atoms. The van der Waals surface area contributed by atoms with Gasteiger partial charge in [-0.1, -0.05) is 44.5 Å². The Balaban J connectivity index is 1.79. The van der Waals surface area contributed by atoms with Gasteiger partial charge in [0, 0.05) is 24.3 Å². The molecular weight excluding hydrogens is 416 g/mol. The van der Waals surface area contributed by atoms with Crippen LogP contribution in [0.5, 0.6) is 0 Å². The Hall–Kier alpha value is -2.05. The highest BCUT2D eigenvalue weighted by Gasteiger charge is 2.20. The molecule has 0 fully saturated rings. The number of urea groups is 1. The molecule has 172 valence electrons. The summed E-state index contributed by atoms with van der Waals surface area (Å²) in [6.45, 7) is 9.91. The van der Waals surface area contributed by atoms with Crippen molar-refractivity contribution in [1.29, 1.82) is 0 Å². The molecule has 1 heterocycles. The molecule has 1 aliphatic heterocycles. The lowest BCUT2D eigenvalue weighted by atomic mass is 9.88. The number of carboxylic acid groups (broad SMARTS) is 1. The Morgan fingerprint density at radius 2 is 2.06 bits per heavy atom. The van der Waals surface area contributed by atoms with Crippen LogP contribution in [0.25, 0.3) is 0 Å². The van der Waals surface area contributed by atoms with Gasteiger partial charge in [0.05, 0.1) is 19.1 Å². The number of aryl methyl sites for hydroxylation is 1. The van der Waals surface area contributed by atoms with Gasteiger partial charge in [-0.3, -0.25) is 4.79 Å². The number of nitrogens with zero attached hydrogens (tertiary/aromatic N) is 1. The van der Waals surface area contributed by atoms with E-state index in [9.17, 15) is 9.59 Å². The molecule has 0 aliphatic carbocycles. The number of nitrogens with one attached hydrogen (secondary N) is 1. The number of hydrogen-bond donors (Lipinski definition) is 2. The van der Waals surface area contributed by atoms with E-state index in [0.29, 0.717) is 19.6 Å². The van der Waals surface area contributed by atoms with Gasteiger partial charge >= 0.3 is 12.0 Å². The first kappa shape index (κ1) is 25.2. The summed E-state index contributed by atoms with van der Waals surface area (Å²) in [5.74, 6) is -0.924. The third-order valence-corrected chi connectivity index (χ3v) is 5.59. The van der Waals surface area contributed by atoms with Crippen LogP contribution in [0, 0.1) is 5.41 Å². The highest BCUT2D eigenvalue weighted by Crippen LogP contribution is 2.26. The van der Waals surface area contributed by atoms with Crippen molar-refractivity contribution in [3.05, 3.63) is 46.1 Å². The van der Waals surface area contributed by atoms with Gasteiger partial charge in [0.1, 0.15) is 0 Å². The number of carbonyl (C=O) groups is 2. The third-order valence-electron chi connectivity index (χ3n) is 5.24. The van der Waals surface area contributed by atoms with Crippen molar-refractivity contribution in [2.75, 3.05) is 19.7 Å². The van der Waals surface area contributed by atoms with E-state index in [4.69, 9.17) is 21.4 Å². The van der Waals surface area contributed by atoms with Crippen LogP contribution >= 0.6 is 11.6 Å². The number of benzene rings is 1. The molecule has 1 aliphatic rings. The van der Waals surface area contributed by atoms with Gasteiger partial charge in [-0.2, -0.15) is 0 Å². The van der Waals surface area contributed by atoms with E-state index >= 15 is 0 Å². The third kappa shape index (κ3) is 9.32. The minimum atomic E-state index is -0.924. The Labute approximate surface area is 190 Å². The summed E-state index contributed by atoms with van der Waals surface area (Å²) in [4.78, 5) is 24.0. The maximum absolute atomic E-state index is 11.8. The van der Waals surface area contributed by atoms with Gasteiger partial charge < -0.3 is 20.1 Å². The van der Waals surface area contributed by atoms with Gasteiger partial charge in [-0.15, -0.1) is 0 Å². The molecule has 1 aromatic rings. The van der Waals surface area contributed by atoms with E-state index in [-0.39, 0.29) is 30.5 Å². The number of aliphatic carboxylic acids is 1. The molecule has 0 saturated carbocycles. The zero-order valence-electron chi connectivity index (χ0n) is 19.0. The Kier molecular flexibility index (Phi) is 9.38. The predicted octanol–water partition coefficient (Wildman–Crippen LogP) is 5.04. The van der Waals surface area contributed by atoms with Gasteiger partial charge in [0.15, 0.2) is 0 Å². The molecule has 7 heteroatoms. The molecule has 2 rings (SSSR count). The number of carbonyl (C=O) groups excluding carboxylic acids is 1. The normalized spacial score (nSPS) is 15.5. The molecule has 0 radical (unpaired) electrons. The molecule has 2 N–H and O–H groups in total. The van der Waals surface area contributed by atoms with Gasteiger partial charge in [0.2, 0.25) is 0 Å². The first-order valence-electron chi connectivity index (χ1n) is 10.9. The lowest BCUT2D eigenvalue weighted by Crippen LogP contribution is -2.43. The molecule has 1 atom stereocenters. The number of ether oxygens (including phenoxy) is 1. The van der Waals surface area contributed by atoms with Crippen LogP contribution in [0.4, 0.5) is 4.79 Å². The minimum absolute atomic E-state index is 0.0101. The Morgan fingerprint density at radius 1 is 1.32 bits per heavy atom. The fourth-order valence-corrected chi connectivity index (χ4v) is 3.68. The number of hydrogen-bond acceptors (Lipinski definition) is 3. The van der Waals surface area contributed by atoms with Crippen molar-refractivity contribution >= 4 is 23.6 Å². The number of rotatable bonds is 11. The second-order valence-corrected chi connectivity index (χ2v) is 9.81. The van der Waals surface area contributed by atoms with E-state index in [1.165, 1.54) is 10.5 Å². The molecule has 0 bridgehead atoms. The predicted molar refractivity (Wildman–Crippen MR) is 123 cm³/mol. The molecule has 6 nitrogen and oxygen atoms in total. The van der Waals surface area contributed by atoms with Gasteiger partial charge in [0.25, 0.3) is 0 Å². The van der Waals surface area contributed by atoms with Crippen LogP contribution in [0.15, 0.2) is 30.0 Å². The van der Waals surface area contributed by atoms with Crippen LogP contribution in [0.3, 0.4) is 0 Å². The molecular formula is C24H35ClN2O4. The monoisotopic (exact) mass is 450 g/mol. The lowest BCUT2D eigenvalue weighted by Gasteiger charge is -2.26. The van der Waals surface area contributed by atoms with Crippen LogP contribution in [0.1, 0.15) is 58.1 Å². The SMILES string of the molecule is C[C@H](CC1=CN(CCC(=O)O)C(=O)NC1)OCCc1ccc(CCC(C)(C)C)c(Cl)c1. The highest BCUT2D eigenvalue weighted by atomic mass is 35.5. The second kappa shape index (κ2) is 11.5. The van der Waals surface area contributed by atoms with Crippen molar-refractivity contribution < 1.29 is 19.4 Å². The van der Waals surface area contributed by atoms with Gasteiger partial charge in [-0.25, -0.2) is 4.79 Å². The smallest absolute Gasteiger partial charge is 0.321 e. The van der Waals surface area contributed by atoms with Crippen molar-refractivity contribution in [3.8, 4) is 0 Å². The van der Waals surface area contributed by atoms with E-state index in [2.05, 4.69) is 38.2 Å². The maximum Gasteiger partial charge on any atom is 0.321 e. The Bertz CT molecular complexity index is 801. The number of amides is 2. The fourth-order valence-electron chi connectivity index (χ4n) is 3.39. The molecule has 2 amide bonds. The molecule has 1 aromatic carbocycles. The first-order chi connectivity index (χ1) is 14.5. The summed E-state index contributed by atoms with van der Waals surface area (Å²) in [6, 6.07) is 6.01. The zero-order chi connectivity index (χ0) is 23.0. The van der Waals surface area contributed by atoms with Crippen molar-refractivity contribution in [1.82, 2.24) is 10.2 Å². The summed E-state index contributed by atoms with van der Waals surface area (Å²) in [7, 11) is 0. The standard InChI is InChI=1S/C24H35ClN2O4/c1-17(13-19-15-26-23(30)27(16-19)11-8-22(28)29)31-12-9-18-5-6-20(21(25)14-18)7-10-24(2,3)4/h5-6,14,16-17H,7-13,15H2,1-4H3,(H,26,30)(H,28,29)/t17-/m1/s1. The molecule has 0 unspecified atom stereocenters. The van der Waals surface area contributed by atoms with Crippen molar-refractivity contribution in [2.24, 2.45) is 5.41 Å². The van der Waals surface area contributed by atoms with E-state index in [0.717, 1.165) is 35.4 Å². The minimum Gasteiger partial charge on any atom is -0.481 e. The molecule has 0 saturated heterocycles. The largest absolute Gasteiger partial charge is 0.481 e. The zero-order valence-corrected chi connectivity index (χ0v) is 19.8. The van der Waals surface area contributed by atoms with Gasteiger partial charge in [-0.05, 0) is 60.8 Å². The first-order valence-corrected chi connectivity index (χ1v) is 11.3. The van der Waals surface area contributed by atoms with Crippen LogP contribution in [0.2, 0.25) is 5.02 Å². The van der Waals surface area contributed by atoms with E-state index in [1.807, 2.05) is 13.0 Å². The number of carboxylic acids is 1. The molecule has 0 aromatic heterocycles. The summed E-state index contributed by atoms with van der Waals surface area (Å²) >= 11 is 6.48. The van der Waals surface area contributed by atoms with E-state index in [1.54, 1.807) is 6.20 Å². The van der Waals surface area contributed by atoms with Crippen LogP contribution < -0.4 is 5.32 Å². The quantitative estimate of drug-likeness (QED) is 0.495. The van der Waals surface area contributed by atoms with Crippen molar-refractivity contribution in [2.45, 2.75) is 65.9 Å². The van der Waals surface area contributed by atoms with Crippen LogP contribution in [-0.2, 0) is 22.4 Å². The van der Waals surface area contributed by atoms with Crippen molar-refractivity contribution in [3.63, 3.8) is 0 Å². The summed E-state index contributed by atoms with van der Waals surface area (Å²) in [5, 5.41) is 12.4.